The summed E-state index contributed by atoms with van der Waals surface area (Å²) in [6.07, 6.45) is 28.3. The van der Waals surface area contributed by atoms with E-state index in [2.05, 4.69) is 47.6 Å². The number of fused-ring (bicyclic) bond motifs is 5. The van der Waals surface area contributed by atoms with Gasteiger partial charge in [-0.15, -0.1) is 0 Å². The standard InChI is InChI=1S/C54H78O5/c1-7-8-9-10-11-12-35-57-44-25-21-41(22-26-44)23-30-51(55)42-18-14-19-45(37-42)58-36-15-20-52(56)59-46-31-33-53(5)43(38-46)24-27-47-49-29-28-48(40(4)17-13-16-39(2)3)54(49,6)34-32-50(47)53/h14,18-19,21-26,30,37,39-40,46-50H,7-13,15-17,20,27-29,31-36,38H2,1-6H3/b30-23+/t40-,46+,47+,48-,49+,50+,53+,54-/m1/s1. The van der Waals surface area contributed by atoms with Crippen molar-refractivity contribution in [2.45, 2.75) is 170 Å². The summed E-state index contributed by atoms with van der Waals surface area (Å²) in [6.45, 7) is 15.9. The summed E-state index contributed by atoms with van der Waals surface area (Å²) in [7, 11) is 0. The number of rotatable bonds is 22. The predicted molar refractivity (Wildman–Crippen MR) is 243 cm³/mol. The molecule has 4 aliphatic rings. The molecule has 0 radical (unpaired) electrons. The SMILES string of the molecule is CCCCCCCCOc1ccc(/C=C/C(=O)c2cccc(OCCCC(=O)O[C@H]3CC[C@@]4(C)C(=CC[C@H]5[C@@H]6CC[C@H]([C@H](C)CCCC(C)C)[C@@]6(C)CC[C@@H]54)C3)c2)cc1. The lowest BCUT2D eigenvalue weighted by molar-refractivity contribution is -0.151. The maximum atomic E-state index is 13.0. The van der Waals surface area contributed by atoms with E-state index < -0.39 is 0 Å². The Bertz CT molecular complexity index is 1710. The van der Waals surface area contributed by atoms with E-state index in [9.17, 15) is 9.59 Å². The predicted octanol–water partition coefficient (Wildman–Crippen LogP) is 14.4. The van der Waals surface area contributed by atoms with Crippen LogP contribution in [0.4, 0.5) is 0 Å². The van der Waals surface area contributed by atoms with E-state index in [1.54, 1.807) is 23.8 Å². The molecule has 59 heavy (non-hydrogen) atoms. The van der Waals surface area contributed by atoms with E-state index in [1.165, 1.54) is 83.5 Å². The number of ketones is 1. The zero-order valence-corrected chi connectivity index (χ0v) is 37.8. The minimum atomic E-state index is -0.129. The topological polar surface area (TPSA) is 61.8 Å². The van der Waals surface area contributed by atoms with E-state index in [4.69, 9.17) is 14.2 Å². The molecule has 0 aliphatic heterocycles. The van der Waals surface area contributed by atoms with Crippen molar-refractivity contribution in [2.24, 2.45) is 46.3 Å². The first-order chi connectivity index (χ1) is 28.5. The van der Waals surface area contributed by atoms with Gasteiger partial charge in [-0.05, 0) is 140 Å². The third-order valence-corrected chi connectivity index (χ3v) is 15.5. The van der Waals surface area contributed by atoms with Crippen LogP contribution < -0.4 is 9.47 Å². The Kier molecular flexibility index (Phi) is 16.4. The molecule has 0 heterocycles. The van der Waals surface area contributed by atoms with Crippen molar-refractivity contribution >= 4 is 17.8 Å². The molecule has 5 nitrogen and oxygen atoms in total. The molecule has 3 saturated carbocycles. The van der Waals surface area contributed by atoms with Gasteiger partial charge >= 0.3 is 5.97 Å². The minimum Gasteiger partial charge on any atom is -0.494 e. The fourth-order valence-corrected chi connectivity index (χ4v) is 12.2. The van der Waals surface area contributed by atoms with Gasteiger partial charge in [0.25, 0.3) is 0 Å². The van der Waals surface area contributed by atoms with Crippen LogP contribution in [0.3, 0.4) is 0 Å². The van der Waals surface area contributed by atoms with Crippen molar-refractivity contribution in [3.8, 4) is 11.5 Å². The maximum Gasteiger partial charge on any atom is 0.306 e. The number of carbonyl (C=O) groups excluding carboxylic acids is 2. The van der Waals surface area contributed by atoms with Gasteiger partial charge in [-0.3, -0.25) is 9.59 Å². The molecular formula is C54H78O5. The van der Waals surface area contributed by atoms with Crippen LogP contribution in [0.2, 0.25) is 0 Å². The number of benzene rings is 2. The van der Waals surface area contributed by atoms with Gasteiger partial charge in [0, 0.05) is 18.4 Å². The number of hydrogen-bond donors (Lipinski definition) is 0. The monoisotopic (exact) mass is 807 g/mol. The Morgan fingerprint density at radius 1 is 0.797 bits per heavy atom. The minimum absolute atomic E-state index is 0.0207. The second-order valence-electron chi connectivity index (χ2n) is 20.0. The highest BCUT2D eigenvalue weighted by molar-refractivity contribution is 6.07. The van der Waals surface area contributed by atoms with Crippen molar-refractivity contribution in [1.29, 1.82) is 0 Å². The largest absolute Gasteiger partial charge is 0.494 e. The molecule has 0 saturated heterocycles. The van der Waals surface area contributed by atoms with Crippen LogP contribution in [-0.4, -0.2) is 31.1 Å². The van der Waals surface area contributed by atoms with Crippen LogP contribution in [0.5, 0.6) is 11.5 Å². The second kappa shape index (κ2) is 21.4. The molecule has 0 amide bonds. The van der Waals surface area contributed by atoms with E-state index >= 15 is 0 Å². The van der Waals surface area contributed by atoms with Gasteiger partial charge in [0.1, 0.15) is 17.6 Å². The number of esters is 1. The zero-order valence-electron chi connectivity index (χ0n) is 37.8. The number of unbranched alkanes of at least 4 members (excludes halogenated alkanes) is 5. The molecule has 0 unspecified atom stereocenters. The van der Waals surface area contributed by atoms with Gasteiger partial charge in [-0.25, -0.2) is 0 Å². The molecule has 6 rings (SSSR count). The average molecular weight is 807 g/mol. The van der Waals surface area contributed by atoms with E-state index in [-0.39, 0.29) is 23.3 Å². The maximum absolute atomic E-state index is 13.0. The van der Waals surface area contributed by atoms with E-state index in [1.807, 2.05) is 42.5 Å². The molecule has 0 spiro atoms. The summed E-state index contributed by atoms with van der Waals surface area (Å²) >= 11 is 0. The van der Waals surface area contributed by atoms with Crippen LogP contribution in [0.15, 0.2) is 66.3 Å². The van der Waals surface area contributed by atoms with Crippen LogP contribution in [-0.2, 0) is 9.53 Å². The molecule has 0 aromatic heterocycles. The van der Waals surface area contributed by atoms with Crippen LogP contribution in [0, 0.1) is 46.3 Å². The summed E-state index contributed by atoms with van der Waals surface area (Å²) in [6, 6.07) is 15.2. The van der Waals surface area contributed by atoms with Crippen LogP contribution in [0.25, 0.3) is 6.08 Å². The van der Waals surface area contributed by atoms with Crippen LogP contribution >= 0.6 is 0 Å². The normalized spacial score (nSPS) is 28.1. The number of ether oxygens (including phenoxy) is 3. The Labute approximate surface area is 358 Å². The molecule has 324 valence electrons. The highest BCUT2D eigenvalue weighted by Gasteiger charge is 2.59. The summed E-state index contributed by atoms with van der Waals surface area (Å²) < 4.78 is 18.0. The molecule has 0 bridgehead atoms. The Hall–Kier alpha value is -3.34. The Morgan fingerprint density at radius 3 is 2.36 bits per heavy atom. The summed E-state index contributed by atoms with van der Waals surface area (Å²) in [4.78, 5) is 26.0. The molecule has 8 atom stereocenters. The van der Waals surface area contributed by atoms with Crippen molar-refractivity contribution in [1.82, 2.24) is 0 Å². The van der Waals surface area contributed by atoms with Crippen molar-refractivity contribution < 1.29 is 23.8 Å². The summed E-state index contributed by atoms with van der Waals surface area (Å²) in [5.74, 6) is 6.26. The highest BCUT2D eigenvalue weighted by atomic mass is 16.5. The molecule has 0 N–H and O–H groups in total. The van der Waals surface area contributed by atoms with Gasteiger partial charge in [-0.1, -0.05) is 135 Å². The van der Waals surface area contributed by atoms with Crippen molar-refractivity contribution in [2.75, 3.05) is 13.2 Å². The van der Waals surface area contributed by atoms with Gasteiger partial charge in [0.05, 0.1) is 13.2 Å². The highest BCUT2D eigenvalue weighted by Crippen LogP contribution is 2.67. The average Bonchev–Trinajstić information content (AvgIpc) is 3.59. The summed E-state index contributed by atoms with van der Waals surface area (Å²) in [5, 5.41) is 0. The number of carbonyl (C=O) groups is 2. The fraction of sp³-hybridized carbons (Fsp3) is 0.667. The molecule has 2 aromatic rings. The quantitative estimate of drug-likeness (QED) is 0.0390. The Balaban J connectivity index is 0.901. The lowest BCUT2D eigenvalue weighted by Crippen LogP contribution is -2.51. The molecule has 5 heteroatoms. The van der Waals surface area contributed by atoms with Gasteiger partial charge in [0.15, 0.2) is 5.78 Å². The lowest BCUT2D eigenvalue weighted by atomic mass is 9.47. The van der Waals surface area contributed by atoms with Crippen molar-refractivity contribution in [3.05, 3.63) is 77.4 Å². The summed E-state index contributed by atoms with van der Waals surface area (Å²) in [5.41, 5.74) is 3.84. The first kappa shape index (κ1) is 45.2. The number of allylic oxidation sites excluding steroid dienone is 2. The fourth-order valence-electron chi connectivity index (χ4n) is 12.2. The van der Waals surface area contributed by atoms with Crippen LogP contribution in [0.1, 0.15) is 179 Å². The Morgan fingerprint density at radius 2 is 1.56 bits per heavy atom. The molecule has 2 aromatic carbocycles. The molecule has 4 aliphatic carbocycles. The van der Waals surface area contributed by atoms with Gasteiger partial charge < -0.3 is 14.2 Å². The van der Waals surface area contributed by atoms with E-state index in [0.29, 0.717) is 36.2 Å². The lowest BCUT2D eigenvalue weighted by Gasteiger charge is -2.58. The molecule has 3 fully saturated rings. The number of hydrogen-bond acceptors (Lipinski definition) is 5. The third-order valence-electron chi connectivity index (χ3n) is 15.5. The van der Waals surface area contributed by atoms with Gasteiger partial charge in [-0.2, -0.15) is 0 Å². The zero-order chi connectivity index (χ0) is 41.8. The third kappa shape index (κ3) is 11.7. The first-order valence-corrected chi connectivity index (χ1v) is 24.1. The van der Waals surface area contributed by atoms with E-state index in [0.717, 1.165) is 79.1 Å². The van der Waals surface area contributed by atoms with Gasteiger partial charge in [0.2, 0.25) is 0 Å². The smallest absolute Gasteiger partial charge is 0.306 e. The molecular weight excluding hydrogens is 729 g/mol. The van der Waals surface area contributed by atoms with Crippen molar-refractivity contribution in [3.63, 3.8) is 0 Å². The first-order valence-electron chi connectivity index (χ1n) is 24.1. The second-order valence-corrected chi connectivity index (χ2v) is 20.0.